The number of hydrogen-bond acceptors (Lipinski definition) is 3. The minimum Gasteiger partial charge on any atom is -0.483 e. The molecule has 1 atom stereocenters. The lowest BCUT2D eigenvalue weighted by Crippen LogP contribution is -2.20. The molecule has 27 heavy (non-hydrogen) atoms. The van der Waals surface area contributed by atoms with Crippen molar-refractivity contribution in [2.75, 3.05) is 6.61 Å². The number of aromatic nitrogens is 1. The van der Waals surface area contributed by atoms with Crippen LogP contribution in [0.2, 0.25) is 5.02 Å². The molecule has 1 aromatic heterocycles. The average molecular weight is 395 g/mol. The quantitative estimate of drug-likeness (QED) is 0.704. The van der Waals surface area contributed by atoms with Gasteiger partial charge in [0.15, 0.2) is 6.61 Å². The second-order valence-corrected chi connectivity index (χ2v) is 6.79. The average Bonchev–Trinajstić information content (AvgIpc) is 3.03. The van der Waals surface area contributed by atoms with Gasteiger partial charge in [0.1, 0.15) is 5.75 Å². The number of rotatable bonds is 6. The van der Waals surface area contributed by atoms with E-state index in [2.05, 4.69) is 27.7 Å². The van der Waals surface area contributed by atoms with Crippen molar-refractivity contribution < 1.29 is 17.9 Å². The summed E-state index contributed by atoms with van der Waals surface area (Å²) in [4.78, 5) is 4.18. The largest absolute Gasteiger partial charge is 0.483 e. The molecule has 3 nitrogen and oxygen atoms in total. The Balaban J connectivity index is 1.59. The first-order valence-corrected chi connectivity index (χ1v) is 8.69. The van der Waals surface area contributed by atoms with Crippen molar-refractivity contribution in [1.82, 2.24) is 10.3 Å². The molecule has 0 radical (unpaired) electrons. The number of halogens is 4. The number of benzene rings is 1. The number of pyridine rings is 1. The van der Waals surface area contributed by atoms with Gasteiger partial charge in [0.2, 0.25) is 0 Å². The molecule has 1 aromatic carbocycles. The topological polar surface area (TPSA) is 34.1 Å². The van der Waals surface area contributed by atoms with Gasteiger partial charge in [0.25, 0.3) is 0 Å². The van der Waals surface area contributed by atoms with E-state index in [0.717, 1.165) is 28.8 Å². The van der Waals surface area contributed by atoms with Gasteiger partial charge >= 0.3 is 6.18 Å². The highest BCUT2D eigenvalue weighted by Crippen LogP contribution is 2.30. The highest BCUT2D eigenvalue weighted by Gasteiger charge is 2.28. The van der Waals surface area contributed by atoms with Crippen LogP contribution in [0.1, 0.15) is 29.8 Å². The molecule has 7 heteroatoms. The molecule has 3 rings (SSSR count). The van der Waals surface area contributed by atoms with Crippen LogP contribution >= 0.6 is 11.6 Å². The molecule has 142 valence electrons. The lowest BCUT2D eigenvalue weighted by atomic mass is 10.1. The van der Waals surface area contributed by atoms with Gasteiger partial charge in [-0.05, 0) is 54.0 Å². The number of nitrogens with zero attached hydrogens (tertiary/aromatic N) is 1. The smallest absolute Gasteiger partial charge is 0.422 e. The van der Waals surface area contributed by atoms with Gasteiger partial charge in [-0.1, -0.05) is 24.2 Å². The molecular formula is C20H18ClF3N2O. The number of allylic oxidation sites excluding steroid dienone is 1. The maximum absolute atomic E-state index is 12.2. The molecule has 1 N–H and O–H groups in total. The van der Waals surface area contributed by atoms with E-state index in [1.807, 2.05) is 25.1 Å². The van der Waals surface area contributed by atoms with Crippen LogP contribution in [0.25, 0.3) is 6.08 Å². The zero-order valence-electron chi connectivity index (χ0n) is 14.6. The zero-order valence-corrected chi connectivity index (χ0v) is 15.4. The Kier molecular flexibility index (Phi) is 5.46. The maximum Gasteiger partial charge on any atom is 0.422 e. The van der Waals surface area contributed by atoms with Crippen LogP contribution < -0.4 is 10.1 Å². The Hall–Kier alpha value is -2.47. The fourth-order valence-corrected chi connectivity index (χ4v) is 3.03. The van der Waals surface area contributed by atoms with Crippen LogP contribution in [0.4, 0.5) is 13.2 Å². The fourth-order valence-electron chi connectivity index (χ4n) is 2.83. The number of hydrogen-bond donors (Lipinski definition) is 1. The van der Waals surface area contributed by atoms with Crippen molar-refractivity contribution in [3.05, 3.63) is 76.2 Å². The molecule has 0 unspecified atom stereocenters. The summed E-state index contributed by atoms with van der Waals surface area (Å²) in [5.41, 5.74) is 4.78. The molecule has 0 bridgehead atoms. The first kappa shape index (κ1) is 19.3. The van der Waals surface area contributed by atoms with E-state index >= 15 is 0 Å². The van der Waals surface area contributed by atoms with Gasteiger partial charge in [-0.2, -0.15) is 13.2 Å². The molecular weight excluding hydrogens is 377 g/mol. The Labute approximate surface area is 160 Å². The lowest BCUT2D eigenvalue weighted by Gasteiger charge is -2.18. The third-order valence-electron chi connectivity index (χ3n) is 4.20. The number of fused-ring (bicyclic) bond motifs is 1. The number of nitrogens with one attached hydrogen (secondary N) is 1. The second kappa shape index (κ2) is 7.64. The number of ether oxygens (including phenoxy) is 1. The van der Waals surface area contributed by atoms with Gasteiger partial charge in [-0.3, -0.25) is 4.98 Å². The SMILES string of the molecule is C=C(N[C@H](C)c1ccc(OCC(F)(F)F)cn1)C1=Cc2ccc(Cl)cc2C1. The van der Waals surface area contributed by atoms with Gasteiger partial charge in [-0.15, -0.1) is 0 Å². The van der Waals surface area contributed by atoms with Crippen LogP contribution in [-0.4, -0.2) is 17.8 Å². The summed E-state index contributed by atoms with van der Waals surface area (Å²) in [6, 6.07) is 8.71. The van der Waals surface area contributed by atoms with Crippen molar-refractivity contribution >= 4 is 17.7 Å². The molecule has 2 aromatic rings. The van der Waals surface area contributed by atoms with E-state index in [4.69, 9.17) is 11.6 Å². The molecule has 1 aliphatic rings. The van der Waals surface area contributed by atoms with Crippen molar-refractivity contribution in [3.63, 3.8) is 0 Å². The predicted molar refractivity (Wildman–Crippen MR) is 99.6 cm³/mol. The monoisotopic (exact) mass is 394 g/mol. The predicted octanol–water partition coefficient (Wildman–Crippen LogP) is 5.48. The summed E-state index contributed by atoms with van der Waals surface area (Å²) in [7, 11) is 0. The van der Waals surface area contributed by atoms with E-state index in [-0.39, 0.29) is 11.8 Å². The Morgan fingerprint density at radius 2 is 2.11 bits per heavy atom. The summed E-state index contributed by atoms with van der Waals surface area (Å²) in [5, 5.41) is 3.99. The van der Waals surface area contributed by atoms with Crippen molar-refractivity contribution in [2.45, 2.75) is 25.6 Å². The van der Waals surface area contributed by atoms with Gasteiger partial charge in [0.05, 0.1) is 17.9 Å². The van der Waals surface area contributed by atoms with Gasteiger partial charge < -0.3 is 10.1 Å². The van der Waals surface area contributed by atoms with Crippen molar-refractivity contribution in [1.29, 1.82) is 0 Å². The molecule has 0 fully saturated rings. The Morgan fingerprint density at radius 3 is 2.78 bits per heavy atom. The Bertz CT molecular complexity index is 876. The minimum absolute atomic E-state index is 0.0768. The Morgan fingerprint density at radius 1 is 1.33 bits per heavy atom. The molecule has 1 heterocycles. The van der Waals surface area contributed by atoms with E-state index in [1.165, 1.54) is 12.3 Å². The summed E-state index contributed by atoms with van der Waals surface area (Å²) in [5.74, 6) is 0.0768. The number of alkyl halides is 3. The fraction of sp³-hybridized carbons (Fsp3) is 0.250. The standard InChI is InChI=1S/C20H18ClF3N2O/c1-12(15-7-14-3-4-17(21)9-16(14)8-15)26-13(2)19-6-5-18(10-25-19)27-11-20(22,23)24/h3-7,9-10,13,26H,1,8,11H2,2H3/t13-/m1/s1. The van der Waals surface area contributed by atoms with Crippen LogP contribution in [-0.2, 0) is 6.42 Å². The van der Waals surface area contributed by atoms with Crippen molar-refractivity contribution in [3.8, 4) is 5.75 Å². The maximum atomic E-state index is 12.2. The second-order valence-electron chi connectivity index (χ2n) is 6.36. The van der Waals surface area contributed by atoms with Gasteiger partial charge in [0, 0.05) is 17.1 Å². The third-order valence-corrected chi connectivity index (χ3v) is 4.43. The summed E-state index contributed by atoms with van der Waals surface area (Å²) < 4.78 is 41.2. The van der Waals surface area contributed by atoms with E-state index in [9.17, 15) is 13.2 Å². The van der Waals surface area contributed by atoms with Crippen molar-refractivity contribution in [2.24, 2.45) is 0 Å². The molecule has 0 amide bonds. The summed E-state index contributed by atoms with van der Waals surface area (Å²) in [6.45, 7) is 4.66. The first-order chi connectivity index (χ1) is 12.7. The zero-order chi connectivity index (χ0) is 19.6. The van der Waals surface area contributed by atoms with Gasteiger partial charge in [-0.25, -0.2) is 0 Å². The highest BCUT2D eigenvalue weighted by molar-refractivity contribution is 6.30. The van der Waals surface area contributed by atoms with E-state index in [1.54, 1.807) is 6.07 Å². The lowest BCUT2D eigenvalue weighted by molar-refractivity contribution is -0.153. The van der Waals surface area contributed by atoms with Crippen LogP contribution in [0.5, 0.6) is 5.75 Å². The van der Waals surface area contributed by atoms with E-state index in [0.29, 0.717) is 10.7 Å². The normalized spacial score (nSPS) is 14.3. The molecule has 0 aliphatic heterocycles. The molecule has 1 aliphatic carbocycles. The first-order valence-electron chi connectivity index (χ1n) is 8.31. The molecule has 0 spiro atoms. The summed E-state index contributed by atoms with van der Waals surface area (Å²) >= 11 is 6.03. The van der Waals surface area contributed by atoms with E-state index < -0.39 is 12.8 Å². The molecule has 0 saturated heterocycles. The third kappa shape index (κ3) is 5.04. The highest BCUT2D eigenvalue weighted by atomic mass is 35.5. The van der Waals surface area contributed by atoms with Crippen LogP contribution in [0.15, 0.2) is 54.4 Å². The van der Waals surface area contributed by atoms with Crippen LogP contribution in [0.3, 0.4) is 0 Å². The minimum atomic E-state index is -4.37. The summed E-state index contributed by atoms with van der Waals surface area (Å²) in [6.07, 6.45) is -0.280. The molecule has 0 saturated carbocycles. The van der Waals surface area contributed by atoms with Crippen LogP contribution in [0, 0.1) is 0 Å².